The molecular formula is C41H73NO5SSi2. The third-order valence-electron chi connectivity index (χ3n) is 11.2. The first-order chi connectivity index (χ1) is 22.6. The van der Waals surface area contributed by atoms with Crippen molar-refractivity contribution in [3.8, 4) is 0 Å². The van der Waals surface area contributed by atoms with Crippen molar-refractivity contribution in [2.24, 2.45) is 17.3 Å². The Hall–Kier alpha value is -1.66. The van der Waals surface area contributed by atoms with Gasteiger partial charge in [-0.05, 0) is 93.9 Å². The van der Waals surface area contributed by atoms with Gasteiger partial charge in [-0.15, -0.1) is 24.5 Å². The van der Waals surface area contributed by atoms with Crippen molar-refractivity contribution in [1.82, 2.24) is 4.98 Å². The molecule has 50 heavy (non-hydrogen) atoms. The summed E-state index contributed by atoms with van der Waals surface area (Å²) in [6.45, 7) is 44.2. The first-order valence-electron chi connectivity index (χ1n) is 18.5. The zero-order chi connectivity index (χ0) is 39.0. The Morgan fingerprint density at radius 1 is 0.960 bits per heavy atom. The van der Waals surface area contributed by atoms with Crippen molar-refractivity contribution in [3.63, 3.8) is 0 Å². The molecule has 0 N–H and O–H groups in total. The van der Waals surface area contributed by atoms with E-state index < -0.39 is 46.1 Å². The largest absolute Gasteiger partial charge is 0.457 e. The van der Waals surface area contributed by atoms with E-state index in [1.165, 1.54) is 5.57 Å². The lowest BCUT2D eigenvalue weighted by Crippen LogP contribution is -2.54. The highest BCUT2D eigenvalue weighted by Gasteiger charge is 2.50. The van der Waals surface area contributed by atoms with Crippen molar-refractivity contribution in [3.05, 3.63) is 46.5 Å². The highest BCUT2D eigenvalue weighted by atomic mass is 32.1. The lowest BCUT2D eigenvalue weighted by molar-refractivity contribution is -0.153. The lowest BCUT2D eigenvalue weighted by atomic mass is 9.73. The molecule has 0 unspecified atom stereocenters. The molecule has 1 heterocycles. The third kappa shape index (κ3) is 13.4. The molecule has 0 saturated heterocycles. The summed E-state index contributed by atoms with van der Waals surface area (Å²) in [6.07, 6.45) is 5.65. The number of aryl methyl sites for hydroxylation is 1. The Balaban J connectivity index is 3.56. The van der Waals surface area contributed by atoms with E-state index in [2.05, 4.69) is 99.7 Å². The van der Waals surface area contributed by atoms with Crippen LogP contribution in [0.5, 0.6) is 0 Å². The number of thiazole rings is 1. The second-order valence-electron chi connectivity index (χ2n) is 18.3. The molecule has 6 nitrogen and oxygen atoms in total. The fourth-order valence-corrected chi connectivity index (χ4v) is 9.08. The van der Waals surface area contributed by atoms with Gasteiger partial charge in [0.2, 0.25) is 0 Å². The zero-order valence-corrected chi connectivity index (χ0v) is 37.8. The smallest absolute Gasteiger partial charge is 0.309 e. The Morgan fingerprint density at radius 2 is 1.50 bits per heavy atom. The highest BCUT2D eigenvalue weighted by molar-refractivity contribution is 7.09. The number of hydrogen-bond acceptors (Lipinski definition) is 7. The van der Waals surface area contributed by atoms with Gasteiger partial charge in [0.25, 0.3) is 0 Å². The van der Waals surface area contributed by atoms with Crippen LogP contribution in [0.1, 0.15) is 126 Å². The Kier molecular flexibility index (Phi) is 17.1. The van der Waals surface area contributed by atoms with Crippen molar-refractivity contribution >= 4 is 45.8 Å². The average Bonchev–Trinajstić information content (AvgIpc) is 3.36. The van der Waals surface area contributed by atoms with Crippen LogP contribution in [-0.2, 0) is 23.2 Å². The minimum absolute atomic E-state index is 0.00836. The number of rotatable bonds is 20. The van der Waals surface area contributed by atoms with Crippen LogP contribution in [0.15, 0.2) is 35.8 Å². The average molecular weight is 748 g/mol. The number of carbonyl (C=O) groups excluding carboxylic acids is 2. The van der Waals surface area contributed by atoms with Crippen LogP contribution in [-0.4, -0.2) is 51.7 Å². The zero-order valence-electron chi connectivity index (χ0n) is 35.0. The van der Waals surface area contributed by atoms with Gasteiger partial charge in [0.05, 0.1) is 29.3 Å². The first kappa shape index (κ1) is 46.4. The molecule has 0 amide bonds. The molecule has 0 aliphatic rings. The summed E-state index contributed by atoms with van der Waals surface area (Å²) >= 11 is 1.58. The minimum Gasteiger partial charge on any atom is -0.457 e. The number of Topliss-reactive ketones (excluding diaryl/α,β-unsaturated/α-hetero) is 1. The van der Waals surface area contributed by atoms with Crippen molar-refractivity contribution in [2.45, 2.75) is 177 Å². The van der Waals surface area contributed by atoms with Gasteiger partial charge in [-0.3, -0.25) is 9.59 Å². The van der Waals surface area contributed by atoms with Gasteiger partial charge >= 0.3 is 5.97 Å². The van der Waals surface area contributed by atoms with Crippen molar-refractivity contribution in [2.75, 3.05) is 0 Å². The van der Waals surface area contributed by atoms with Crippen LogP contribution in [0.2, 0.25) is 36.3 Å². The number of ketones is 1. The van der Waals surface area contributed by atoms with Gasteiger partial charge in [-0.2, -0.15) is 0 Å². The lowest BCUT2D eigenvalue weighted by Gasteiger charge is -2.46. The molecule has 0 radical (unpaired) electrons. The van der Waals surface area contributed by atoms with Gasteiger partial charge in [0.15, 0.2) is 16.6 Å². The molecule has 0 saturated carbocycles. The predicted octanol–water partition coefficient (Wildman–Crippen LogP) is 12.1. The molecular weight excluding hydrogens is 675 g/mol. The number of esters is 1. The molecule has 0 spiro atoms. The predicted molar refractivity (Wildman–Crippen MR) is 220 cm³/mol. The van der Waals surface area contributed by atoms with E-state index in [1.807, 2.05) is 46.1 Å². The Labute approximate surface area is 313 Å². The Morgan fingerprint density at radius 3 is 1.96 bits per heavy atom. The second kappa shape index (κ2) is 18.4. The summed E-state index contributed by atoms with van der Waals surface area (Å²) in [4.78, 5) is 33.3. The van der Waals surface area contributed by atoms with E-state index in [0.717, 1.165) is 35.5 Å². The molecule has 9 heteroatoms. The second-order valence-corrected chi connectivity index (χ2v) is 28.9. The minimum atomic E-state index is -2.42. The number of carbonyl (C=O) groups is 2. The van der Waals surface area contributed by atoms with E-state index in [0.29, 0.717) is 6.42 Å². The van der Waals surface area contributed by atoms with Crippen LogP contribution in [0.3, 0.4) is 0 Å². The highest BCUT2D eigenvalue weighted by Crippen LogP contribution is 2.44. The van der Waals surface area contributed by atoms with Gasteiger partial charge in [-0.25, -0.2) is 4.98 Å². The molecule has 5 atom stereocenters. The topological polar surface area (TPSA) is 74.7 Å². The van der Waals surface area contributed by atoms with Gasteiger partial charge in [-0.1, -0.05) is 80.9 Å². The summed E-state index contributed by atoms with van der Waals surface area (Å²) in [7, 11) is -4.64. The quantitative estimate of drug-likeness (QED) is 0.0751. The maximum atomic E-state index is 14.9. The summed E-state index contributed by atoms with van der Waals surface area (Å²) in [6, 6.07) is 0. The normalized spacial score (nSPS) is 16.7. The fraction of sp³-hybridized carbons (Fsp3) is 0.732. The van der Waals surface area contributed by atoms with Crippen LogP contribution in [0.25, 0.3) is 6.08 Å². The maximum absolute atomic E-state index is 14.9. The third-order valence-corrected chi connectivity index (χ3v) is 20.9. The van der Waals surface area contributed by atoms with Crippen molar-refractivity contribution in [1.29, 1.82) is 0 Å². The number of hydrogen-bond donors (Lipinski definition) is 0. The first-order valence-corrected chi connectivity index (χ1v) is 25.2. The molecule has 1 aromatic heterocycles. The van der Waals surface area contributed by atoms with E-state index in [1.54, 1.807) is 17.4 Å². The molecule has 0 bridgehead atoms. The van der Waals surface area contributed by atoms with E-state index >= 15 is 0 Å². The van der Waals surface area contributed by atoms with Crippen LogP contribution >= 0.6 is 11.3 Å². The number of nitrogens with zero attached hydrogens (tertiary/aromatic N) is 1. The number of ether oxygens (including phenoxy) is 1. The van der Waals surface area contributed by atoms with Crippen molar-refractivity contribution < 1.29 is 23.2 Å². The van der Waals surface area contributed by atoms with Gasteiger partial charge < -0.3 is 13.6 Å². The van der Waals surface area contributed by atoms with Crippen LogP contribution in [0, 0.1) is 24.2 Å². The molecule has 0 aliphatic carbocycles. The molecule has 286 valence electrons. The van der Waals surface area contributed by atoms with Gasteiger partial charge in [0, 0.05) is 23.1 Å². The van der Waals surface area contributed by atoms with Gasteiger partial charge in [0.1, 0.15) is 11.9 Å². The monoisotopic (exact) mass is 747 g/mol. The summed E-state index contributed by atoms with van der Waals surface area (Å²) < 4.78 is 20.3. The SMILES string of the molecule is C=CC[C@H](OC(=O)C[C@H](O[Si](C)(C)C(C)(C)C)C(C)(C)C(=O)[C@H](C)[C@@H](O[Si](C)(C)C(C)(C)C)[C@@H](C)CCCC(=C)C)/C(C)=C/c1csc(C)n1. The summed E-state index contributed by atoms with van der Waals surface area (Å²) in [5, 5.41) is 2.84. The summed E-state index contributed by atoms with van der Waals surface area (Å²) in [5.41, 5.74) is 1.91. The number of allylic oxidation sites excluding steroid dienone is 1. The Bertz CT molecular complexity index is 1330. The van der Waals surface area contributed by atoms with Crippen LogP contribution in [0.4, 0.5) is 0 Å². The molecule has 0 aromatic carbocycles. The molecule has 0 fully saturated rings. The standard InChI is InChI=1S/C41H73NO5SSi2/c1-20-22-34(30(5)25-33-27-48-32(7)42-33)45-36(43)26-35(46-49(16,17)39(8,9)10)41(14,15)38(44)31(6)37(29(4)24-21-23-28(2)3)47-50(18,19)40(11,12)13/h20,25,27,29,31,34-35,37H,1-2,21-24,26H2,3-19H3/b30-25+/t29-,31+,34-,35-,37-/m0/s1. The molecule has 1 rings (SSSR count). The maximum Gasteiger partial charge on any atom is 0.309 e. The number of aromatic nitrogens is 1. The van der Waals surface area contributed by atoms with E-state index in [4.69, 9.17) is 13.6 Å². The van der Waals surface area contributed by atoms with E-state index in [-0.39, 0.29) is 34.3 Å². The summed E-state index contributed by atoms with van der Waals surface area (Å²) in [5.74, 6) is -0.569. The van der Waals surface area contributed by atoms with E-state index in [9.17, 15) is 9.59 Å². The fourth-order valence-electron chi connectivity index (χ4n) is 5.60. The molecule has 0 aliphatic heterocycles. The molecule has 1 aromatic rings. The van der Waals surface area contributed by atoms with Crippen LogP contribution < -0.4 is 0 Å².